The van der Waals surface area contributed by atoms with E-state index >= 15 is 0 Å². The van der Waals surface area contributed by atoms with Gasteiger partial charge in [0.1, 0.15) is 11.6 Å². The van der Waals surface area contributed by atoms with Crippen LogP contribution in [0.15, 0.2) is 53.4 Å². The SMILES string of the molecule is COc1ccc(S(=O)(=O)N2CCN(C(=O)C3(c4cccc(F)c4)CCC3)CC2)cc1. The molecule has 0 radical (unpaired) electrons. The van der Waals surface area contributed by atoms with E-state index in [2.05, 4.69) is 0 Å². The molecule has 1 heterocycles. The van der Waals surface area contributed by atoms with E-state index in [0.717, 1.165) is 6.42 Å². The number of hydrogen-bond donors (Lipinski definition) is 0. The maximum atomic E-state index is 13.7. The van der Waals surface area contributed by atoms with E-state index in [1.165, 1.54) is 35.7 Å². The molecule has 1 aliphatic heterocycles. The van der Waals surface area contributed by atoms with E-state index in [1.807, 2.05) is 6.07 Å². The van der Waals surface area contributed by atoms with Gasteiger partial charge in [-0.3, -0.25) is 4.79 Å². The second kappa shape index (κ2) is 8.00. The van der Waals surface area contributed by atoms with E-state index in [9.17, 15) is 17.6 Å². The van der Waals surface area contributed by atoms with Crippen LogP contribution in [-0.2, 0) is 20.2 Å². The molecule has 8 heteroatoms. The van der Waals surface area contributed by atoms with Crippen LogP contribution in [0.3, 0.4) is 0 Å². The number of carbonyl (C=O) groups is 1. The van der Waals surface area contributed by atoms with Crippen LogP contribution in [0.5, 0.6) is 5.75 Å². The number of ether oxygens (including phenoxy) is 1. The molecule has 1 amide bonds. The first-order chi connectivity index (χ1) is 14.4. The Balaban J connectivity index is 1.46. The highest BCUT2D eigenvalue weighted by molar-refractivity contribution is 7.89. The third-order valence-electron chi connectivity index (χ3n) is 6.22. The number of halogens is 1. The van der Waals surface area contributed by atoms with Gasteiger partial charge in [0.25, 0.3) is 0 Å². The summed E-state index contributed by atoms with van der Waals surface area (Å²) in [4.78, 5) is 15.3. The smallest absolute Gasteiger partial charge is 0.243 e. The number of rotatable bonds is 5. The fourth-order valence-electron chi connectivity index (χ4n) is 4.27. The monoisotopic (exact) mass is 432 g/mol. The van der Waals surface area contributed by atoms with Crippen molar-refractivity contribution in [1.82, 2.24) is 9.21 Å². The molecule has 0 unspecified atom stereocenters. The number of hydrogen-bond acceptors (Lipinski definition) is 4. The lowest BCUT2D eigenvalue weighted by atomic mass is 9.63. The molecule has 1 aliphatic carbocycles. The van der Waals surface area contributed by atoms with Gasteiger partial charge < -0.3 is 9.64 Å². The van der Waals surface area contributed by atoms with Gasteiger partial charge in [0.2, 0.25) is 15.9 Å². The predicted molar refractivity (Wildman–Crippen MR) is 110 cm³/mol. The summed E-state index contributed by atoms with van der Waals surface area (Å²) in [5.74, 6) is 0.218. The summed E-state index contributed by atoms with van der Waals surface area (Å²) >= 11 is 0. The van der Waals surface area contributed by atoms with Gasteiger partial charge in [0.05, 0.1) is 17.4 Å². The second-order valence-corrected chi connectivity index (χ2v) is 9.76. The topological polar surface area (TPSA) is 66.9 Å². The molecule has 0 bridgehead atoms. The Labute approximate surface area is 176 Å². The lowest BCUT2D eigenvalue weighted by Gasteiger charge is -2.45. The second-order valence-electron chi connectivity index (χ2n) is 7.82. The van der Waals surface area contributed by atoms with E-state index in [0.29, 0.717) is 37.2 Å². The van der Waals surface area contributed by atoms with Crippen LogP contribution in [0.25, 0.3) is 0 Å². The summed E-state index contributed by atoms with van der Waals surface area (Å²) in [5, 5.41) is 0. The fraction of sp³-hybridized carbons (Fsp3) is 0.409. The molecule has 0 aromatic heterocycles. The van der Waals surface area contributed by atoms with Crippen molar-refractivity contribution in [2.24, 2.45) is 0 Å². The zero-order valence-electron chi connectivity index (χ0n) is 16.9. The predicted octanol–water partition coefficient (Wildman–Crippen LogP) is 2.79. The molecule has 1 saturated heterocycles. The molecule has 1 saturated carbocycles. The standard InChI is InChI=1S/C22H25FN2O4S/c1-29-19-6-8-20(9-7-19)30(27,28)25-14-12-24(13-15-25)21(26)22(10-3-11-22)17-4-2-5-18(23)16-17/h2,4-9,16H,3,10-15H2,1H3. The Bertz CT molecular complexity index is 1030. The Morgan fingerprint density at radius 2 is 1.70 bits per heavy atom. The third kappa shape index (κ3) is 3.58. The van der Waals surface area contributed by atoms with Crippen LogP contribution >= 0.6 is 0 Å². The highest BCUT2D eigenvalue weighted by atomic mass is 32.2. The summed E-state index contributed by atoms with van der Waals surface area (Å²) in [7, 11) is -2.10. The third-order valence-corrected chi connectivity index (χ3v) is 8.13. The minimum Gasteiger partial charge on any atom is -0.497 e. The van der Waals surface area contributed by atoms with Crippen molar-refractivity contribution in [2.75, 3.05) is 33.3 Å². The Kier molecular flexibility index (Phi) is 5.55. The molecule has 160 valence electrons. The molecule has 6 nitrogen and oxygen atoms in total. The highest BCUT2D eigenvalue weighted by Gasteiger charge is 2.48. The minimum absolute atomic E-state index is 0.0270. The zero-order valence-corrected chi connectivity index (χ0v) is 17.7. The van der Waals surface area contributed by atoms with E-state index < -0.39 is 15.4 Å². The average molecular weight is 433 g/mol. The quantitative estimate of drug-likeness (QED) is 0.729. The first-order valence-electron chi connectivity index (χ1n) is 10.1. The summed E-state index contributed by atoms with van der Waals surface area (Å²) in [6.45, 7) is 1.12. The van der Waals surface area contributed by atoms with Crippen molar-refractivity contribution < 1.29 is 22.3 Å². The number of amides is 1. The molecule has 0 N–H and O–H groups in total. The van der Waals surface area contributed by atoms with Crippen LogP contribution in [0.2, 0.25) is 0 Å². The van der Waals surface area contributed by atoms with E-state index in [1.54, 1.807) is 23.1 Å². The van der Waals surface area contributed by atoms with Crippen LogP contribution in [-0.4, -0.2) is 56.8 Å². The van der Waals surface area contributed by atoms with Crippen LogP contribution in [0, 0.1) is 5.82 Å². The van der Waals surface area contributed by atoms with Crippen molar-refractivity contribution >= 4 is 15.9 Å². The Hall–Kier alpha value is -2.45. The first-order valence-corrected chi connectivity index (χ1v) is 11.5. The zero-order chi connectivity index (χ0) is 21.4. The van der Waals surface area contributed by atoms with Crippen LogP contribution < -0.4 is 4.74 Å². The van der Waals surface area contributed by atoms with Gasteiger partial charge >= 0.3 is 0 Å². The molecule has 2 aliphatic rings. The van der Waals surface area contributed by atoms with Gasteiger partial charge in [-0.2, -0.15) is 4.31 Å². The molecule has 0 spiro atoms. The molecular weight excluding hydrogens is 407 g/mol. The average Bonchev–Trinajstić information content (AvgIpc) is 2.73. The summed E-state index contributed by atoms with van der Waals surface area (Å²) in [5.41, 5.74) is 0.0334. The van der Waals surface area contributed by atoms with Gasteiger partial charge in [-0.1, -0.05) is 18.6 Å². The lowest BCUT2D eigenvalue weighted by molar-refractivity contribution is -0.142. The van der Waals surface area contributed by atoms with Gasteiger partial charge in [-0.15, -0.1) is 0 Å². The maximum absolute atomic E-state index is 13.7. The van der Waals surface area contributed by atoms with Crippen molar-refractivity contribution in [3.8, 4) is 5.75 Å². The number of nitrogens with zero attached hydrogens (tertiary/aromatic N) is 2. The first kappa shape index (κ1) is 20.8. The Morgan fingerprint density at radius 1 is 1.03 bits per heavy atom. The molecule has 0 atom stereocenters. The molecule has 2 aromatic rings. The van der Waals surface area contributed by atoms with Gasteiger partial charge in [-0.05, 0) is 54.8 Å². The summed E-state index contributed by atoms with van der Waals surface area (Å²) in [6, 6.07) is 12.6. The summed E-state index contributed by atoms with van der Waals surface area (Å²) in [6.07, 6.45) is 2.31. The summed E-state index contributed by atoms with van der Waals surface area (Å²) < 4.78 is 46.1. The van der Waals surface area contributed by atoms with Gasteiger partial charge in [-0.25, -0.2) is 12.8 Å². The largest absolute Gasteiger partial charge is 0.497 e. The van der Waals surface area contributed by atoms with Gasteiger partial charge in [0.15, 0.2) is 0 Å². The molecular formula is C22H25FN2O4S. The van der Waals surface area contributed by atoms with E-state index in [4.69, 9.17) is 4.74 Å². The molecule has 30 heavy (non-hydrogen) atoms. The molecule has 4 rings (SSSR count). The van der Waals surface area contributed by atoms with Crippen molar-refractivity contribution in [1.29, 1.82) is 0 Å². The molecule has 2 aromatic carbocycles. The van der Waals surface area contributed by atoms with Crippen LogP contribution in [0.4, 0.5) is 4.39 Å². The highest BCUT2D eigenvalue weighted by Crippen LogP contribution is 2.45. The van der Waals surface area contributed by atoms with Gasteiger partial charge in [0, 0.05) is 26.2 Å². The number of piperazine rings is 1. The van der Waals surface area contributed by atoms with Crippen molar-refractivity contribution in [3.63, 3.8) is 0 Å². The number of benzene rings is 2. The maximum Gasteiger partial charge on any atom is 0.243 e. The van der Waals surface area contributed by atoms with Crippen molar-refractivity contribution in [2.45, 2.75) is 29.6 Å². The normalized spacial score (nSPS) is 19.2. The molecule has 2 fully saturated rings. The van der Waals surface area contributed by atoms with E-state index in [-0.39, 0.29) is 29.7 Å². The number of methoxy groups -OCH3 is 1. The van der Waals surface area contributed by atoms with Crippen LogP contribution in [0.1, 0.15) is 24.8 Å². The number of sulfonamides is 1. The Morgan fingerprint density at radius 3 is 2.23 bits per heavy atom. The lowest BCUT2D eigenvalue weighted by Crippen LogP contribution is -2.57. The number of carbonyl (C=O) groups excluding carboxylic acids is 1. The fourth-order valence-corrected chi connectivity index (χ4v) is 5.70. The van der Waals surface area contributed by atoms with Crippen molar-refractivity contribution in [3.05, 3.63) is 59.9 Å². The minimum atomic E-state index is -3.63.